The van der Waals surface area contributed by atoms with Crippen LogP contribution in [0.5, 0.6) is 11.5 Å². The average Bonchev–Trinajstić information content (AvgIpc) is 3.39. The molecule has 44 heavy (non-hydrogen) atoms. The number of fused-ring (bicyclic) bond motifs is 1. The summed E-state index contributed by atoms with van der Waals surface area (Å²) in [5, 5.41) is 12.9. The fourth-order valence-electron chi connectivity index (χ4n) is 4.76. The molecule has 0 saturated carbocycles. The summed E-state index contributed by atoms with van der Waals surface area (Å²) in [5.74, 6) is 2.22. The van der Waals surface area contributed by atoms with E-state index in [0.717, 1.165) is 28.9 Å². The molecule has 1 aromatic heterocycles. The monoisotopic (exact) mass is 715 g/mol. The van der Waals surface area contributed by atoms with Crippen molar-refractivity contribution in [3.05, 3.63) is 97.1 Å². The molecule has 8 nitrogen and oxygen atoms in total. The van der Waals surface area contributed by atoms with E-state index >= 15 is 0 Å². The number of amides is 1. The molecule has 4 aromatic rings. The molecule has 1 aliphatic rings. The number of thioether (sulfide) groups is 1. The maximum absolute atomic E-state index is 13.9. The van der Waals surface area contributed by atoms with Crippen LogP contribution in [0.1, 0.15) is 49.9 Å². The number of hydrogen-bond acceptors (Lipinski definition) is 7. The Labute approximate surface area is 279 Å². The SMILES string of the molecule is CCCSc1nc2n(n1)C(c1cc(Br)c(OCc3ccc(Cl)cc3Cl)c(OCC)c1)C(C(=O)Nc1ccc(C)cc1)=C(C)N2. The van der Waals surface area contributed by atoms with Crippen LogP contribution >= 0.6 is 50.9 Å². The topological polar surface area (TPSA) is 90.3 Å². The second-order valence-corrected chi connectivity index (χ2v) is 12.9. The van der Waals surface area contributed by atoms with E-state index in [1.165, 1.54) is 0 Å². The van der Waals surface area contributed by atoms with Crippen LogP contribution in [-0.2, 0) is 11.4 Å². The van der Waals surface area contributed by atoms with Crippen LogP contribution in [-0.4, -0.2) is 33.0 Å². The minimum atomic E-state index is -0.601. The first kappa shape index (κ1) is 32.2. The van der Waals surface area contributed by atoms with Gasteiger partial charge in [-0.2, -0.15) is 4.98 Å². The van der Waals surface area contributed by atoms with Gasteiger partial charge in [0, 0.05) is 32.7 Å². The highest BCUT2D eigenvalue weighted by Gasteiger charge is 2.35. The Morgan fingerprint density at radius 1 is 1.09 bits per heavy atom. The van der Waals surface area contributed by atoms with Crippen molar-refractivity contribution in [2.45, 2.75) is 51.9 Å². The number of nitrogens with zero attached hydrogens (tertiary/aromatic N) is 3. The summed E-state index contributed by atoms with van der Waals surface area (Å²) in [7, 11) is 0. The van der Waals surface area contributed by atoms with Crippen molar-refractivity contribution >= 4 is 68.4 Å². The lowest BCUT2D eigenvalue weighted by atomic mass is 9.94. The number of ether oxygens (including phenoxy) is 2. The van der Waals surface area contributed by atoms with Gasteiger partial charge in [0.05, 0.1) is 16.7 Å². The zero-order valence-electron chi connectivity index (χ0n) is 24.7. The van der Waals surface area contributed by atoms with Crippen LogP contribution in [0.4, 0.5) is 11.6 Å². The fourth-order valence-corrected chi connectivity index (χ4v) is 6.48. The number of halogens is 3. The third-order valence-corrected chi connectivity index (χ3v) is 9.08. The van der Waals surface area contributed by atoms with Crippen molar-refractivity contribution < 1.29 is 14.3 Å². The molecular weight excluding hydrogens is 685 g/mol. The zero-order chi connectivity index (χ0) is 31.4. The smallest absolute Gasteiger partial charge is 0.255 e. The lowest BCUT2D eigenvalue weighted by molar-refractivity contribution is -0.113. The highest BCUT2D eigenvalue weighted by Crippen LogP contribution is 2.44. The van der Waals surface area contributed by atoms with Crippen molar-refractivity contribution in [3.8, 4) is 11.5 Å². The fraction of sp³-hybridized carbons (Fsp3) is 0.281. The lowest BCUT2D eigenvalue weighted by Gasteiger charge is -2.29. The van der Waals surface area contributed by atoms with E-state index in [4.69, 9.17) is 42.8 Å². The van der Waals surface area contributed by atoms with Crippen molar-refractivity contribution in [1.82, 2.24) is 14.8 Å². The van der Waals surface area contributed by atoms with E-state index in [9.17, 15) is 4.79 Å². The summed E-state index contributed by atoms with van der Waals surface area (Å²) in [5.41, 5.74) is 4.54. The number of nitrogens with one attached hydrogen (secondary N) is 2. The summed E-state index contributed by atoms with van der Waals surface area (Å²) < 4.78 is 14.7. The maximum atomic E-state index is 13.9. The Morgan fingerprint density at radius 3 is 2.57 bits per heavy atom. The number of carbonyl (C=O) groups is 1. The Hall–Kier alpha value is -3.18. The van der Waals surface area contributed by atoms with Gasteiger partial charge in [-0.3, -0.25) is 4.79 Å². The Balaban J connectivity index is 1.56. The number of aryl methyl sites for hydroxylation is 1. The number of hydrogen-bond donors (Lipinski definition) is 2. The molecule has 0 fully saturated rings. The lowest BCUT2D eigenvalue weighted by Crippen LogP contribution is -2.31. The largest absolute Gasteiger partial charge is 0.490 e. The molecule has 230 valence electrons. The van der Waals surface area contributed by atoms with E-state index in [1.54, 1.807) is 28.6 Å². The first-order chi connectivity index (χ1) is 21.2. The number of allylic oxidation sites excluding steroid dienone is 1. The third-order valence-electron chi connectivity index (χ3n) is 6.86. The van der Waals surface area contributed by atoms with E-state index in [2.05, 4.69) is 33.5 Å². The number of aromatic nitrogens is 3. The van der Waals surface area contributed by atoms with Crippen molar-refractivity contribution in [1.29, 1.82) is 0 Å². The molecule has 1 amide bonds. The summed E-state index contributed by atoms with van der Waals surface area (Å²) >= 11 is 17.8. The highest BCUT2D eigenvalue weighted by atomic mass is 79.9. The van der Waals surface area contributed by atoms with E-state index in [-0.39, 0.29) is 12.5 Å². The quantitative estimate of drug-likeness (QED) is 0.150. The van der Waals surface area contributed by atoms with Crippen molar-refractivity contribution in [2.24, 2.45) is 0 Å². The van der Waals surface area contributed by atoms with E-state index in [0.29, 0.717) is 60.7 Å². The second-order valence-electron chi connectivity index (χ2n) is 10.2. The van der Waals surface area contributed by atoms with E-state index < -0.39 is 6.04 Å². The number of rotatable bonds is 11. The van der Waals surface area contributed by atoms with Gasteiger partial charge in [0.1, 0.15) is 12.6 Å². The van der Waals surface area contributed by atoms with Crippen molar-refractivity contribution in [3.63, 3.8) is 0 Å². The Morgan fingerprint density at radius 2 is 1.86 bits per heavy atom. The molecule has 1 aliphatic heterocycles. The van der Waals surface area contributed by atoms with Crippen LogP contribution in [0.15, 0.2) is 75.5 Å². The first-order valence-electron chi connectivity index (χ1n) is 14.2. The normalized spacial score (nSPS) is 14.2. The van der Waals surface area contributed by atoms with Gasteiger partial charge >= 0.3 is 0 Å². The molecule has 1 atom stereocenters. The first-order valence-corrected chi connectivity index (χ1v) is 16.7. The third kappa shape index (κ3) is 7.20. The molecule has 0 saturated heterocycles. The van der Waals surface area contributed by atoms with Gasteiger partial charge in [-0.1, -0.05) is 65.7 Å². The van der Waals surface area contributed by atoms with Gasteiger partial charge in [0.15, 0.2) is 11.5 Å². The summed E-state index contributed by atoms with van der Waals surface area (Å²) in [6.45, 7) is 8.51. The predicted molar refractivity (Wildman–Crippen MR) is 181 cm³/mol. The predicted octanol–water partition coefficient (Wildman–Crippen LogP) is 9.06. The van der Waals surface area contributed by atoms with Crippen LogP contribution in [0.25, 0.3) is 0 Å². The van der Waals surface area contributed by atoms with Gasteiger partial charge in [0.2, 0.25) is 11.1 Å². The van der Waals surface area contributed by atoms with Gasteiger partial charge in [-0.15, -0.1) is 5.10 Å². The van der Waals surface area contributed by atoms with Gasteiger partial charge < -0.3 is 20.1 Å². The molecule has 1 unspecified atom stereocenters. The van der Waals surface area contributed by atoms with Crippen LogP contribution in [0.2, 0.25) is 10.0 Å². The minimum Gasteiger partial charge on any atom is -0.490 e. The van der Waals surface area contributed by atoms with Crippen LogP contribution < -0.4 is 20.1 Å². The van der Waals surface area contributed by atoms with Crippen molar-refractivity contribution in [2.75, 3.05) is 23.0 Å². The average molecular weight is 718 g/mol. The van der Waals surface area contributed by atoms with Gasteiger partial charge in [-0.25, -0.2) is 4.68 Å². The number of anilines is 2. The standard InChI is InChI=1S/C32H32BrCl2N5O3S/c1-5-13-44-32-38-31-36-19(4)27(30(41)37-23-11-7-18(3)8-12-23)28(40(31)39-32)21-14-24(33)29(26(15-21)42-6-2)43-17-20-9-10-22(34)16-25(20)35/h7-12,14-16,28H,5-6,13,17H2,1-4H3,(H,37,41)(H,36,38,39). The number of benzene rings is 3. The number of carbonyl (C=O) groups excluding carboxylic acids is 1. The van der Waals surface area contributed by atoms with E-state index in [1.807, 2.05) is 63.2 Å². The minimum absolute atomic E-state index is 0.204. The molecule has 12 heteroatoms. The molecule has 0 spiro atoms. The highest BCUT2D eigenvalue weighted by molar-refractivity contribution is 9.10. The maximum Gasteiger partial charge on any atom is 0.255 e. The molecule has 5 rings (SSSR count). The van der Waals surface area contributed by atoms with Crippen LogP contribution in [0.3, 0.4) is 0 Å². The van der Waals surface area contributed by atoms with Crippen LogP contribution in [0, 0.1) is 6.92 Å². The molecule has 0 bridgehead atoms. The summed E-state index contributed by atoms with van der Waals surface area (Å²) in [4.78, 5) is 18.7. The summed E-state index contributed by atoms with van der Waals surface area (Å²) in [6, 6.07) is 16.2. The molecule has 0 radical (unpaired) electrons. The molecule has 0 aliphatic carbocycles. The zero-order valence-corrected chi connectivity index (χ0v) is 28.6. The summed E-state index contributed by atoms with van der Waals surface area (Å²) in [6.07, 6.45) is 0.986. The molecule has 3 aromatic carbocycles. The Bertz CT molecular complexity index is 1710. The molecule has 2 heterocycles. The second kappa shape index (κ2) is 14.3. The molecular formula is C32H32BrCl2N5O3S. The van der Waals surface area contributed by atoms with Gasteiger partial charge in [-0.05, 0) is 85.1 Å². The molecule has 2 N–H and O–H groups in total. The Kier molecular flexibility index (Phi) is 10.5. The van der Waals surface area contributed by atoms with Gasteiger partial charge in [0.25, 0.3) is 5.91 Å².